The summed E-state index contributed by atoms with van der Waals surface area (Å²) in [6, 6.07) is 12.8. The van der Waals surface area contributed by atoms with E-state index in [2.05, 4.69) is 10.4 Å². The van der Waals surface area contributed by atoms with E-state index in [9.17, 15) is 17.6 Å². The smallest absolute Gasteiger partial charge is 0.273 e. The van der Waals surface area contributed by atoms with Crippen LogP contribution in [-0.2, 0) is 23.5 Å². The van der Waals surface area contributed by atoms with Gasteiger partial charge >= 0.3 is 0 Å². The molecule has 0 spiro atoms. The lowest BCUT2D eigenvalue weighted by Gasteiger charge is -2.30. The molecule has 3 aromatic rings. The molecular weight excluding hydrogens is 419 g/mol. The van der Waals surface area contributed by atoms with E-state index in [1.54, 1.807) is 44.3 Å². The number of hydrogen-bond donors (Lipinski definition) is 1. The Morgan fingerprint density at radius 1 is 1.16 bits per heavy atom. The van der Waals surface area contributed by atoms with Gasteiger partial charge < -0.3 is 5.32 Å². The van der Waals surface area contributed by atoms with Crippen molar-refractivity contribution in [3.63, 3.8) is 0 Å². The van der Waals surface area contributed by atoms with Crippen molar-refractivity contribution in [2.45, 2.75) is 19.8 Å². The fraction of sp³-hybridized carbons (Fsp3) is 0.273. The minimum absolute atomic E-state index is 0.0435. The molecule has 9 heteroatoms. The van der Waals surface area contributed by atoms with Crippen molar-refractivity contribution in [1.82, 2.24) is 9.78 Å². The Labute approximate surface area is 180 Å². The zero-order valence-electron chi connectivity index (χ0n) is 17.3. The molecule has 2 aromatic carbocycles. The van der Waals surface area contributed by atoms with Crippen molar-refractivity contribution >= 4 is 27.3 Å². The molecule has 31 heavy (non-hydrogen) atoms. The third-order valence-corrected chi connectivity index (χ3v) is 7.15. The van der Waals surface area contributed by atoms with Crippen LogP contribution in [0.5, 0.6) is 0 Å². The van der Waals surface area contributed by atoms with Crippen LogP contribution >= 0.6 is 0 Å². The molecule has 0 unspecified atom stereocenters. The molecule has 1 aliphatic heterocycles. The number of anilines is 2. The summed E-state index contributed by atoms with van der Waals surface area (Å²) in [6.45, 7) is 2.10. The molecule has 1 aromatic heterocycles. The summed E-state index contributed by atoms with van der Waals surface area (Å²) >= 11 is 0. The number of nitrogens with one attached hydrogen (secondary N) is 1. The summed E-state index contributed by atoms with van der Waals surface area (Å²) < 4.78 is 40.8. The quantitative estimate of drug-likeness (QED) is 0.655. The van der Waals surface area contributed by atoms with Gasteiger partial charge in [0, 0.05) is 24.8 Å². The largest absolute Gasteiger partial charge is 0.321 e. The number of carbonyl (C=O) groups excluding carboxylic acids is 1. The number of hydrogen-bond acceptors (Lipinski definition) is 4. The maximum Gasteiger partial charge on any atom is 0.273 e. The number of halogens is 1. The predicted molar refractivity (Wildman–Crippen MR) is 118 cm³/mol. The molecule has 0 aliphatic carbocycles. The number of rotatable bonds is 5. The molecule has 0 atom stereocenters. The fourth-order valence-electron chi connectivity index (χ4n) is 3.72. The number of amides is 1. The lowest BCUT2D eigenvalue weighted by Crippen LogP contribution is -2.36. The van der Waals surface area contributed by atoms with E-state index < -0.39 is 10.0 Å². The molecule has 1 N–H and O–H groups in total. The SMILES string of the molecule is CCS(=O)(=O)N1CCCc2cc(NC(=O)c3cc(-c4ccc(F)cc4)nn3C)ccc21. The van der Waals surface area contributed by atoms with Crippen LogP contribution in [-0.4, -0.2) is 36.4 Å². The average molecular weight is 443 g/mol. The third-order valence-electron chi connectivity index (χ3n) is 5.37. The second-order valence-electron chi connectivity index (χ2n) is 7.42. The van der Waals surface area contributed by atoms with Gasteiger partial charge in [0.05, 0.1) is 17.1 Å². The Bertz CT molecular complexity index is 1240. The summed E-state index contributed by atoms with van der Waals surface area (Å²) in [7, 11) is -1.67. The first-order valence-corrected chi connectivity index (χ1v) is 11.6. The van der Waals surface area contributed by atoms with Gasteiger partial charge in [-0.3, -0.25) is 13.8 Å². The molecule has 4 rings (SSSR count). The molecule has 1 aliphatic rings. The van der Waals surface area contributed by atoms with Gasteiger partial charge in [0.1, 0.15) is 11.5 Å². The number of aryl methyl sites for hydroxylation is 2. The summed E-state index contributed by atoms with van der Waals surface area (Å²) in [6.07, 6.45) is 1.47. The maximum atomic E-state index is 13.2. The monoisotopic (exact) mass is 442 g/mol. The highest BCUT2D eigenvalue weighted by atomic mass is 32.2. The second-order valence-corrected chi connectivity index (χ2v) is 9.60. The number of sulfonamides is 1. The number of aromatic nitrogens is 2. The number of benzene rings is 2. The predicted octanol–water partition coefficient (Wildman–Crippen LogP) is 3.58. The van der Waals surface area contributed by atoms with E-state index >= 15 is 0 Å². The van der Waals surface area contributed by atoms with Crippen molar-refractivity contribution in [2.75, 3.05) is 21.9 Å². The van der Waals surface area contributed by atoms with E-state index in [-0.39, 0.29) is 17.5 Å². The van der Waals surface area contributed by atoms with Crippen LogP contribution in [0.25, 0.3) is 11.3 Å². The lowest BCUT2D eigenvalue weighted by molar-refractivity contribution is 0.101. The Balaban J connectivity index is 1.56. The van der Waals surface area contributed by atoms with Gasteiger partial charge in [-0.2, -0.15) is 5.10 Å². The van der Waals surface area contributed by atoms with Gasteiger partial charge in [-0.05, 0) is 73.9 Å². The molecule has 162 valence electrons. The van der Waals surface area contributed by atoms with Crippen LogP contribution in [0.2, 0.25) is 0 Å². The summed E-state index contributed by atoms with van der Waals surface area (Å²) in [5.74, 6) is -0.630. The standard InChI is InChI=1S/C22H23FN4O3S/c1-3-31(29,30)27-12-4-5-16-13-18(10-11-20(16)27)24-22(28)21-14-19(25-26(21)2)15-6-8-17(23)9-7-15/h6-11,13-14H,3-5,12H2,1-2H3,(H,24,28). The summed E-state index contributed by atoms with van der Waals surface area (Å²) in [4.78, 5) is 12.8. The Morgan fingerprint density at radius 3 is 2.61 bits per heavy atom. The zero-order chi connectivity index (χ0) is 22.2. The lowest BCUT2D eigenvalue weighted by atomic mass is 10.0. The van der Waals surface area contributed by atoms with Gasteiger partial charge in [0.2, 0.25) is 10.0 Å². The minimum atomic E-state index is -3.33. The molecule has 0 saturated heterocycles. The first-order valence-electron chi connectivity index (χ1n) is 10.0. The highest BCUT2D eigenvalue weighted by molar-refractivity contribution is 7.92. The van der Waals surface area contributed by atoms with E-state index in [1.807, 2.05) is 6.07 Å². The van der Waals surface area contributed by atoms with Crippen molar-refractivity contribution in [3.8, 4) is 11.3 Å². The van der Waals surface area contributed by atoms with Gasteiger partial charge in [0.25, 0.3) is 5.91 Å². The third kappa shape index (κ3) is 4.18. The normalized spacial score (nSPS) is 13.7. The maximum absolute atomic E-state index is 13.2. The van der Waals surface area contributed by atoms with E-state index in [1.165, 1.54) is 21.1 Å². The first kappa shape index (κ1) is 21.0. The molecule has 2 heterocycles. The van der Waals surface area contributed by atoms with Gasteiger partial charge in [-0.25, -0.2) is 12.8 Å². The zero-order valence-corrected chi connectivity index (χ0v) is 18.1. The van der Waals surface area contributed by atoms with Crippen LogP contribution in [0.4, 0.5) is 15.8 Å². The van der Waals surface area contributed by atoms with Crippen LogP contribution in [0.1, 0.15) is 29.4 Å². The van der Waals surface area contributed by atoms with Gasteiger partial charge in [-0.1, -0.05) is 0 Å². The van der Waals surface area contributed by atoms with Crippen molar-refractivity contribution in [1.29, 1.82) is 0 Å². The van der Waals surface area contributed by atoms with Crippen LogP contribution in [0.3, 0.4) is 0 Å². The van der Waals surface area contributed by atoms with E-state index in [4.69, 9.17) is 0 Å². The Morgan fingerprint density at radius 2 is 1.90 bits per heavy atom. The molecule has 0 fully saturated rings. The van der Waals surface area contributed by atoms with Gasteiger partial charge in [-0.15, -0.1) is 0 Å². The fourth-order valence-corrected chi connectivity index (χ4v) is 4.92. The summed E-state index contributed by atoms with van der Waals surface area (Å²) in [5.41, 5.74) is 3.78. The molecular formula is C22H23FN4O3S. The molecule has 7 nitrogen and oxygen atoms in total. The molecule has 0 bridgehead atoms. The highest BCUT2D eigenvalue weighted by Crippen LogP contribution is 2.32. The number of carbonyl (C=O) groups is 1. The van der Waals surface area contributed by atoms with E-state index in [0.29, 0.717) is 34.9 Å². The average Bonchev–Trinajstić information content (AvgIpc) is 3.15. The molecule has 0 saturated carbocycles. The van der Waals surface area contributed by atoms with Crippen molar-refractivity contribution in [2.24, 2.45) is 7.05 Å². The Hall–Kier alpha value is -3.20. The summed E-state index contributed by atoms with van der Waals surface area (Å²) in [5, 5.41) is 7.21. The molecule has 0 radical (unpaired) electrons. The highest BCUT2D eigenvalue weighted by Gasteiger charge is 2.26. The van der Waals surface area contributed by atoms with Crippen LogP contribution < -0.4 is 9.62 Å². The van der Waals surface area contributed by atoms with Crippen molar-refractivity contribution < 1.29 is 17.6 Å². The Kier molecular flexibility index (Phi) is 5.53. The van der Waals surface area contributed by atoms with Crippen molar-refractivity contribution in [3.05, 3.63) is 65.6 Å². The van der Waals surface area contributed by atoms with Crippen LogP contribution in [0, 0.1) is 5.82 Å². The number of fused-ring (bicyclic) bond motifs is 1. The minimum Gasteiger partial charge on any atom is -0.321 e. The van der Waals surface area contributed by atoms with Crippen LogP contribution in [0.15, 0.2) is 48.5 Å². The van der Waals surface area contributed by atoms with Gasteiger partial charge in [0.15, 0.2) is 0 Å². The first-order chi connectivity index (χ1) is 14.8. The van der Waals surface area contributed by atoms with E-state index in [0.717, 1.165) is 18.4 Å². The second kappa shape index (κ2) is 8.14. The number of nitrogens with zero attached hydrogens (tertiary/aromatic N) is 3. The topological polar surface area (TPSA) is 84.3 Å². The molecule has 1 amide bonds.